The third kappa shape index (κ3) is 5.49. The fraction of sp³-hybridized carbons (Fsp3) is 0.625. The van der Waals surface area contributed by atoms with E-state index in [4.69, 9.17) is 0 Å². The molecule has 1 aromatic carbocycles. The van der Waals surface area contributed by atoms with Crippen LogP contribution in [0, 0.1) is 0 Å². The number of rotatable bonds is 7. The van der Waals surface area contributed by atoms with E-state index >= 15 is 0 Å². The molecular formula is C16H24BrNS. The summed E-state index contributed by atoms with van der Waals surface area (Å²) in [5.41, 5.74) is 0. The van der Waals surface area contributed by atoms with Crippen molar-refractivity contribution in [3.63, 3.8) is 0 Å². The lowest BCUT2D eigenvalue weighted by atomic mass is 9.94. The van der Waals surface area contributed by atoms with Crippen molar-refractivity contribution in [2.75, 3.05) is 24.2 Å². The number of nitrogens with zero attached hydrogens (tertiary/aromatic N) is 1. The van der Waals surface area contributed by atoms with E-state index in [-0.39, 0.29) is 0 Å². The van der Waals surface area contributed by atoms with Gasteiger partial charge in [-0.25, -0.2) is 0 Å². The average molecular weight is 342 g/mol. The molecule has 0 aliphatic heterocycles. The van der Waals surface area contributed by atoms with Gasteiger partial charge in [0.15, 0.2) is 0 Å². The first-order valence-corrected chi connectivity index (χ1v) is 9.48. The smallest absolute Gasteiger partial charge is 0.0159 e. The Kier molecular flexibility index (Phi) is 7.33. The van der Waals surface area contributed by atoms with Crippen molar-refractivity contribution in [1.29, 1.82) is 0 Å². The van der Waals surface area contributed by atoms with Gasteiger partial charge in [0.2, 0.25) is 0 Å². The second-order valence-corrected chi connectivity index (χ2v) is 7.14. The molecule has 0 radical (unpaired) electrons. The quantitative estimate of drug-likeness (QED) is 0.517. The summed E-state index contributed by atoms with van der Waals surface area (Å²) in [6.45, 7) is 2.41. The van der Waals surface area contributed by atoms with Gasteiger partial charge in [-0.05, 0) is 25.0 Å². The third-order valence-electron chi connectivity index (χ3n) is 3.85. The first-order chi connectivity index (χ1) is 9.40. The molecule has 3 heteroatoms. The first kappa shape index (κ1) is 15.4. The molecule has 1 saturated carbocycles. The van der Waals surface area contributed by atoms with Gasteiger partial charge in [-0.2, -0.15) is 0 Å². The van der Waals surface area contributed by atoms with Gasteiger partial charge >= 0.3 is 0 Å². The number of halogens is 1. The molecule has 106 valence electrons. The van der Waals surface area contributed by atoms with Crippen LogP contribution in [0.2, 0.25) is 0 Å². The van der Waals surface area contributed by atoms with Gasteiger partial charge in [0.1, 0.15) is 0 Å². The summed E-state index contributed by atoms with van der Waals surface area (Å²) < 4.78 is 0. The molecule has 0 aromatic heterocycles. The highest BCUT2D eigenvalue weighted by Crippen LogP contribution is 2.24. The Morgan fingerprint density at radius 2 is 1.79 bits per heavy atom. The third-order valence-corrected chi connectivity index (χ3v) is 5.20. The van der Waals surface area contributed by atoms with Crippen molar-refractivity contribution in [2.45, 2.75) is 43.0 Å². The second-order valence-electron chi connectivity index (χ2n) is 5.18. The Morgan fingerprint density at radius 1 is 1.05 bits per heavy atom. The molecule has 0 heterocycles. The lowest BCUT2D eigenvalue weighted by Crippen LogP contribution is -2.39. The van der Waals surface area contributed by atoms with E-state index in [1.165, 1.54) is 55.8 Å². The fourth-order valence-electron chi connectivity index (χ4n) is 2.83. The normalized spacial score (nSPS) is 16.9. The lowest BCUT2D eigenvalue weighted by molar-refractivity contribution is 0.175. The van der Waals surface area contributed by atoms with Gasteiger partial charge < -0.3 is 0 Å². The van der Waals surface area contributed by atoms with E-state index in [9.17, 15) is 0 Å². The highest BCUT2D eigenvalue weighted by Gasteiger charge is 2.20. The van der Waals surface area contributed by atoms with E-state index in [0.29, 0.717) is 0 Å². The number of hydrogen-bond acceptors (Lipinski definition) is 2. The number of hydrogen-bond donors (Lipinski definition) is 0. The summed E-state index contributed by atoms with van der Waals surface area (Å²) in [5, 5.41) is 1.10. The fourth-order valence-corrected chi connectivity index (χ4v) is 4.20. The molecule has 1 aromatic rings. The highest BCUT2D eigenvalue weighted by molar-refractivity contribution is 9.09. The largest absolute Gasteiger partial charge is 0.299 e. The maximum Gasteiger partial charge on any atom is 0.0159 e. The van der Waals surface area contributed by atoms with E-state index in [1.807, 2.05) is 11.8 Å². The molecule has 1 aliphatic carbocycles. The van der Waals surface area contributed by atoms with Crippen molar-refractivity contribution >= 4 is 27.7 Å². The van der Waals surface area contributed by atoms with Crippen molar-refractivity contribution in [1.82, 2.24) is 4.90 Å². The molecule has 0 atom stereocenters. The Balaban J connectivity index is 1.76. The van der Waals surface area contributed by atoms with Crippen molar-refractivity contribution in [3.8, 4) is 0 Å². The molecule has 0 N–H and O–H groups in total. The molecule has 0 saturated heterocycles. The zero-order valence-electron chi connectivity index (χ0n) is 11.6. The average Bonchev–Trinajstić information content (AvgIpc) is 2.48. The zero-order valence-corrected chi connectivity index (χ0v) is 14.0. The first-order valence-electron chi connectivity index (χ1n) is 7.38. The Labute approximate surface area is 130 Å². The predicted octanol–water partition coefficient (Wildman–Crippen LogP) is 4.81. The summed E-state index contributed by atoms with van der Waals surface area (Å²) in [6.07, 6.45) is 7.11. The van der Waals surface area contributed by atoms with E-state index < -0.39 is 0 Å². The topological polar surface area (TPSA) is 3.24 Å². The predicted molar refractivity (Wildman–Crippen MR) is 89.4 cm³/mol. The van der Waals surface area contributed by atoms with Crippen molar-refractivity contribution in [2.24, 2.45) is 0 Å². The molecule has 1 fully saturated rings. The minimum Gasteiger partial charge on any atom is -0.299 e. The van der Waals surface area contributed by atoms with Crippen LogP contribution < -0.4 is 0 Å². The van der Waals surface area contributed by atoms with Gasteiger partial charge in [-0.3, -0.25) is 4.90 Å². The maximum atomic E-state index is 3.61. The summed E-state index contributed by atoms with van der Waals surface area (Å²) in [5.74, 6) is 1.20. The molecule has 0 unspecified atom stereocenters. The van der Waals surface area contributed by atoms with Gasteiger partial charge in [0.05, 0.1) is 0 Å². The number of alkyl halides is 1. The van der Waals surface area contributed by atoms with Crippen LogP contribution in [0.1, 0.15) is 32.1 Å². The van der Waals surface area contributed by atoms with E-state index in [2.05, 4.69) is 51.2 Å². The van der Waals surface area contributed by atoms with Crippen LogP contribution >= 0.6 is 27.7 Å². The second kappa shape index (κ2) is 9.04. The van der Waals surface area contributed by atoms with Crippen LogP contribution in [0.15, 0.2) is 35.2 Å². The zero-order chi connectivity index (χ0) is 13.3. The summed E-state index contributed by atoms with van der Waals surface area (Å²) in [7, 11) is 0. The van der Waals surface area contributed by atoms with Crippen LogP contribution in [0.25, 0.3) is 0 Å². The monoisotopic (exact) mass is 341 g/mol. The summed E-state index contributed by atoms with van der Waals surface area (Å²) >= 11 is 5.59. The Bertz CT molecular complexity index is 338. The molecule has 1 aliphatic rings. The maximum absolute atomic E-state index is 3.61. The molecule has 19 heavy (non-hydrogen) atoms. The summed E-state index contributed by atoms with van der Waals surface area (Å²) in [6, 6.07) is 11.6. The van der Waals surface area contributed by atoms with Crippen LogP contribution in [0.3, 0.4) is 0 Å². The van der Waals surface area contributed by atoms with Crippen molar-refractivity contribution in [3.05, 3.63) is 30.3 Å². The minimum atomic E-state index is 0.836. The van der Waals surface area contributed by atoms with Crippen molar-refractivity contribution < 1.29 is 0 Å². The lowest BCUT2D eigenvalue weighted by Gasteiger charge is -2.33. The molecule has 0 bridgehead atoms. The van der Waals surface area contributed by atoms with Gasteiger partial charge in [0, 0.05) is 35.1 Å². The highest BCUT2D eigenvalue weighted by atomic mass is 79.9. The molecule has 2 rings (SSSR count). The van der Waals surface area contributed by atoms with Crippen LogP contribution in [-0.4, -0.2) is 35.1 Å². The van der Waals surface area contributed by atoms with E-state index in [0.717, 1.165) is 11.4 Å². The van der Waals surface area contributed by atoms with Gasteiger partial charge in [0.25, 0.3) is 0 Å². The Hall–Kier alpha value is 0.0100. The molecule has 0 amide bonds. The minimum absolute atomic E-state index is 0.836. The molecular weight excluding hydrogens is 318 g/mol. The molecule has 1 nitrogen and oxygen atoms in total. The van der Waals surface area contributed by atoms with Gasteiger partial charge in [-0.15, -0.1) is 11.8 Å². The van der Waals surface area contributed by atoms with Crippen LogP contribution in [0.5, 0.6) is 0 Å². The van der Waals surface area contributed by atoms with E-state index in [1.54, 1.807) is 0 Å². The number of thioether (sulfide) groups is 1. The number of benzene rings is 1. The summed E-state index contributed by atoms with van der Waals surface area (Å²) in [4.78, 5) is 4.09. The van der Waals surface area contributed by atoms with Gasteiger partial charge in [-0.1, -0.05) is 53.4 Å². The van der Waals surface area contributed by atoms with Crippen LogP contribution in [-0.2, 0) is 0 Å². The standard InChI is InChI=1S/C16H24BrNS/c17-11-12-18(15-7-3-1-4-8-15)13-14-19-16-9-5-2-6-10-16/h2,5-6,9-10,15H,1,3-4,7-8,11-14H2. The van der Waals surface area contributed by atoms with Crippen LogP contribution in [0.4, 0.5) is 0 Å². The Morgan fingerprint density at radius 3 is 2.47 bits per heavy atom. The molecule has 0 spiro atoms. The SMILES string of the molecule is BrCCN(CCSc1ccccc1)C1CCCCC1.